The van der Waals surface area contributed by atoms with Crippen LogP contribution in [0.5, 0.6) is 0 Å². The maximum absolute atomic E-state index is 10.4. The fourth-order valence-corrected chi connectivity index (χ4v) is 3.48. The Morgan fingerprint density at radius 1 is 0.604 bits per heavy atom. The zero-order chi connectivity index (χ0) is 36.5. The van der Waals surface area contributed by atoms with Gasteiger partial charge in [0.15, 0.2) is 0 Å². The minimum absolute atomic E-state index is 0.0278. The lowest BCUT2D eigenvalue weighted by Gasteiger charge is -2.13. The molecule has 12 nitrogen and oxygen atoms in total. The lowest BCUT2D eigenvalue weighted by molar-refractivity contribution is -0.531. The molecule has 0 aliphatic carbocycles. The lowest BCUT2D eigenvalue weighted by atomic mass is 10.0. The molecule has 0 radical (unpaired) electrons. The highest BCUT2D eigenvalue weighted by atomic mass is 16.6. The van der Waals surface area contributed by atoms with Gasteiger partial charge in [-0.15, -0.1) is 0 Å². The van der Waals surface area contributed by atoms with Crippen molar-refractivity contribution in [2.45, 2.75) is 64.1 Å². The fourth-order valence-electron chi connectivity index (χ4n) is 3.48. The van der Waals surface area contributed by atoms with Gasteiger partial charge in [-0.3, -0.25) is 25.0 Å². The fraction of sp³-hybridized carbons (Fsp3) is 0.306. The number of rotatable bonds is 9. The number of carbonyl (C=O) groups is 1. The monoisotopic (exact) mass is 664 g/mol. The zero-order valence-corrected chi connectivity index (χ0v) is 27.7. The summed E-state index contributed by atoms with van der Waals surface area (Å²) in [4.78, 5) is 28.7. The van der Waals surface area contributed by atoms with Crippen molar-refractivity contribution >= 4 is 6.29 Å². The third-order valence-electron chi connectivity index (χ3n) is 6.40. The first kappa shape index (κ1) is 43.1. The van der Waals surface area contributed by atoms with E-state index < -0.39 is 29.3 Å². The first-order valence-electron chi connectivity index (χ1n) is 15.2. The van der Waals surface area contributed by atoms with E-state index in [2.05, 4.69) is 0 Å². The molecule has 48 heavy (non-hydrogen) atoms. The van der Waals surface area contributed by atoms with E-state index in [1.54, 1.807) is 56.3 Å². The van der Waals surface area contributed by atoms with E-state index in [0.29, 0.717) is 5.56 Å². The Balaban J connectivity index is 0.000000592. The van der Waals surface area contributed by atoms with E-state index in [0.717, 1.165) is 23.0 Å². The van der Waals surface area contributed by atoms with Gasteiger partial charge in [0.1, 0.15) is 12.4 Å². The molecule has 0 aliphatic rings. The molecule has 0 aromatic heterocycles. The van der Waals surface area contributed by atoms with Crippen LogP contribution < -0.4 is 11.5 Å². The second-order valence-electron chi connectivity index (χ2n) is 10.5. The van der Waals surface area contributed by atoms with Crippen LogP contribution in [0.3, 0.4) is 0 Å². The zero-order valence-electron chi connectivity index (χ0n) is 27.7. The van der Waals surface area contributed by atoms with Gasteiger partial charge in [0.2, 0.25) is 12.6 Å². The van der Waals surface area contributed by atoms with E-state index >= 15 is 0 Å². The number of hydrogen-bond acceptors (Lipinski definition) is 10. The van der Waals surface area contributed by atoms with Gasteiger partial charge in [0.25, 0.3) is 0 Å². The average molecular weight is 665 g/mol. The largest absolute Gasteiger partial charge is 0.387 e. The van der Waals surface area contributed by atoms with Gasteiger partial charge in [0, 0.05) is 41.3 Å². The summed E-state index contributed by atoms with van der Waals surface area (Å²) in [6.07, 6.45) is -1.29. The van der Waals surface area contributed by atoms with Crippen molar-refractivity contribution in [2.75, 3.05) is 6.54 Å². The van der Waals surface area contributed by atoms with Crippen LogP contribution in [0.25, 0.3) is 0 Å². The Morgan fingerprint density at radius 2 is 0.875 bits per heavy atom. The van der Waals surface area contributed by atoms with Gasteiger partial charge in [-0.1, -0.05) is 121 Å². The third kappa shape index (κ3) is 19.0. The number of nitrogens with two attached hydrogens (primary N) is 2. The van der Waals surface area contributed by atoms with Crippen molar-refractivity contribution in [3.8, 4) is 0 Å². The Bertz CT molecular complexity index is 1350. The van der Waals surface area contributed by atoms with Crippen LogP contribution in [0.1, 0.15) is 73.1 Å². The molecule has 12 heteroatoms. The lowest BCUT2D eigenvalue weighted by Crippen LogP contribution is -2.24. The molecule has 0 spiro atoms. The predicted molar refractivity (Wildman–Crippen MR) is 187 cm³/mol. The number of hydrogen-bond donors (Lipinski definition) is 5. The van der Waals surface area contributed by atoms with Crippen LogP contribution in [0.4, 0.5) is 0 Å². The van der Waals surface area contributed by atoms with Crippen molar-refractivity contribution in [2.24, 2.45) is 11.5 Å². The first-order chi connectivity index (χ1) is 22.8. The molecule has 0 saturated heterocycles. The Hall–Kier alpha value is -4.85. The Labute approximate surface area is 282 Å². The molecule has 4 aromatic rings. The second kappa shape index (κ2) is 25.3. The minimum atomic E-state index is -1.03. The summed E-state index contributed by atoms with van der Waals surface area (Å²) in [7, 11) is 0. The number of benzene rings is 4. The molecule has 0 saturated carbocycles. The van der Waals surface area contributed by atoms with E-state index in [1.165, 1.54) is 13.8 Å². The summed E-state index contributed by atoms with van der Waals surface area (Å²) in [5.74, 6) is 0. The third-order valence-corrected chi connectivity index (χ3v) is 6.40. The molecule has 260 valence electrons. The highest BCUT2D eigenvalue weighted by molar-refractivity contribution is 5.74. The van der Waals surface area contributed by atoms with Crippen molar-refractivity contribution in [3.05, 3.63) is 164 Å². The molecular weight excluding hydrogens is 616 g/mol. The maximum atomic E-state index is 10.4. The highest BCUT2D eigenvalue weighted by Gasteiger charge is 2.25. The van der Waals surface area contributed by atoms with Crippen LogP contribution in [-0.2, 0) is 0 Å². The SMILES string of the molecule is CC(C(O)c1ccccc1)[N+](=O)[O-].CC(N)C(O)c1ccccc1.CC[N+](=O)[O-].C[C@H](N)[C@H](O)c1ccccc1.O=Cc1ccccc1. The van der Waals surface area contributed by atoms with Gasteiger partial charge >= 0.3 is 0 Å². The van der Waals surface area contributed by atoms with Crippen LogP contribution in [0, 0.1) is 20.2 Å². The van der Waals surface area contributed by atoms with Crippen LogP contribution in [-0.4, -0.2) is 56.1 Å². The second-order valence-corrected chi connectivity index (χ2v) is 10.5. The molecule has 0 aliphatic heterocycles. The summed E-state index contributed by atoms with van der Waals surface area (Å²) in [5, 5.41) is 48.0. The molecule has 4 unspecified atom stereocenters. The quantitative estimate of drug-likeness (QED) is 0.0883. The molecule has 7 N–H and O–H groups in total. The van der Waals surface area contributed by atoms with E-state index in [9.17, 15) is 40.3 Å². The minimum Gasteiger partial charge on any atom is -0.387 e. The number of nitro groups is 2. The molecule has 0 heterocycles. The van der Waals surface area contributed by atoms with Gasteiger partial charge in [-0.05, 0) is 30.5 Å². The number of aldehydes is 1. The average Bonchev–Trinajstić information content (AvgIpc) is 3.12. The predicted octanol–water partition coefficient (Wildman–Crippen LogP) is 5.30. The summed E-state index contributed by atoms with van der Waals surface area (Å²) in [5.41, 5.74) is 14.1. The summed E-state index contributed by atoms with van der Waals surface area (Å²) < 4.78 is 0. The topological polar surface area (TPSA) is 216 Å². The normalized spacial score (nSPS) is 13.5. The molecule has 0 bridgehead atoms. The Kier molecular flexibility index (Phi) is 22.7. The summed E-state index contributed by atoms with van der Waals surface area (Å²) in [6.45, 7) is 6.49. The van der Waals surface area contributed by atoms with Crippen molar-refractivity contribution in [3.63, 3.8) is 0 Å². The number of aliphatic hydroxyl groups is 3. The number of carbonyl (C=O) groups excluding carboxylic acids is 1. The van der Waals surface area contributed by atoms with Gasteiger partial charge in [-0.25, -0.2) is 0 Å². The van der Waals surface area contributed by atoms with E-state index in [4.69, 9.17) is 11.5 Å². The van der Waals surface area contributed by atoms with Crippen molar-refractivity contribution in [1.29, 1.82) is 0 Å². The van der Waals surface area contributed by atoms with Gasteiger partial charge in [0.05, 0.1) is 12.2 Å². The van der Waals surface area contributed by atoms with E-state index in [1.807, 2.05) is 78.9 Å². The molecule has 6 atom stereocenters. The number of nitrogens with zero attached hydrogens (tertiary/aromatic N) is 2. The molecule has 0 amide bonds. The van der Waals surface area contributed by atoms with Gasteiger partial charge < -0.3 is 26.8 Å². The van der Waals surface area contributed by atoms with Crippen LogP contribution in [0.2, 0.25) is 0 Å². The van der Waals surface area contributed by atoms with Crippen LogP contribution in [0.15, 0.2) is 121 Å². The van der Waals surface area contributed by atoms with Crippen LogP contribution >= 0.6 is 0 Å². The van der Waals surface area contributed by atoms with Crippen molar-refractivity contribution in [1.82, 2.24) is 0 Å². The Morgan fingerprint density at radius 3 is 1.08 bits per heavy atom. The molecule has 4 aromatic carbocycles. The van der Waals surface area contributed by atoms with E-state index in [-0.39, 0.29) is 23.6 Å². The molecule has 4 rings (SSSR count). The molecule has 0 fully saturated rings. The van der Waals surface area contributed by atoms with Crippen molar-refractivity contribution < 1.29 is 30.0 Å². The number of aliphatic hydroxyl groups excluding tert-OH is 3. The van der Waals surface area contributed by atoms with Gasteiger partial charge in [-0.2, -0.15) is 0 Å². The highest BCUT2D eigenvalue weighted by Crippen LogP contribution is 2.18. The first-order valence-corrected chi connectivity index (χ1v) is 15.2. The maximum Gasteiger partial charge on any atom is 0.239 e. The smallest absolute Gasteiger partial charge is 0.239 e. The molecular formula is C36H48N4O8. The summed E-state index contributed by atoms with van der Waals surface area (Å²) >= 11 is 0. The summed E-state index contributed by atoms with van der Waals surface area (Å²) in [6, 6.07) is 35.2. The standard InChI is InChI=1S/C9H11NO3.2C9H13NO.C7H6O.C2H5NO2/c1-7(10(12)13)9(11)8-5-3-2-4-6-8;2*1-7(10)9(11)8-5-3-2-4-6-8;8-6-7-4-2-1-3-5-7;1-2-3(4)5/h2-7,9,11H,1H3;2*2-7,9,11H,10H2,1H3;1-6H;2H2,1H3/t;7-,9-;;;/m.0.../s1.